The molecule has 0 radical (unpaired) electrons. The fourth-order valence-electron chi connectivity index (χ4n) is 1.94. The standard InChI is InChI=1S/C12H6Cl4O4S2/c13-9-5-1-3-7(11(9)21(15,17)18)8-4-2-6-10(14)12(8)22(16,19)20/h1-6H. The van der Waals surface area contributed by atoms with Crippen LogP contribution in [0.4, 0.5) is 0 Å². The summed E-state index contributed by atoms with van der Waals surface area (Å²) >= 11 is 11.8. The monoisotopic (exact) mass is 418 g/mol. The van der Waals surface area contributed by atoms with Gasteiger partial charge in [0, 0.05) is 32.5 Å². The Morgan fingerprint density at radius 1 is 0.636 bits per heavy atom. The summed E-state index contributed by atoms with van der Waals surface area (Å²) in [5, 5.41) is -0.296. The molecule has 2 aromatic carbocycles. The first-order chi connectivity index (χ1) is 10.0. The third-order valence-electron chi connectivity index (χ3n) is 2.71. The molecule has 0 N–H and O–H groups in total. The summed E-state index contributed by atoms with van der Waals surface area (Å²) in [6.45, 7) is 0. The van der Waals surface area contributed by atoms with Crippen molar-refractivity contribution in [3.63, 3.8) is 0 Å². The highest BCUT2D eigenvalue weighted by atomic mass is 35.7. The molecule has 0 spiro atoms. The van der Waals surface area contributed by atoms with Gasteiger partial charge in [0.1, 0.15) is 9.79 Å². The summed E-state index contributed by atoms with van der Waals surface area (Å²) in [5.41, 5.74) is -0.0200. The average Bonchev–Trinajstić information content (AvgIpc) is 2.35. The van der Waals surface area contributed by atoms with Crippen LogP contribution in [0.15, 0.2) is 46.2 Å². The van der Waals surface area contributed by atoms with Gasteiger partial charge in [0.2, 0.25) is 0 Å². The highest BCUT2D eigenvalue weighted by Gasteiger charge is 2.26. The van der Waals surface area contributed by atoms with E-state index in [1.807, 2.05) is 0 Å². The Labute approximate surface area is 146 Å². The first-order valence-corrected chi connectivity index (χ1v) is 10.9. The van der Waals surface area contributed by atoms with E-state index in [0.29, 0.717) is 0 Å². The minimum Gasteiger partial charge on any atom is -0.207 e. The van der Waals surface area contributed by atoms with Gasteiger partial charge in [-0.3, -0.25) is 0 Å². The van der Waals surface area contributed by atoms with Crippen molar-refractivity contribution >= 4 is 62.7 Å². The lowest BCUT2D eigenvalue weighted by Gasteiger charge is -2.13. The average molecular weight is 420 g/mol. The van der Waals surface area contributed by atoms with Crippen LogP contribution in [0, 0.1) is 0 Å². The van der Waals surface area contributed by atoms with Crippen LogP contribution >= 0.6 is 44.6 Å². The van der Waals surface area contributed by atoms with Gasteiger partial charge in [-0.2, -0.15) is 0 Å². The van der Waals surface area contributed by atoms with Crippen molar-refractivity contribution in [3.8, 4) is 11.1 Å². The van der Waals surface area contributed by atoms with Crippen molar-refractivity contribution in [2.75, 3.05) is 0 Å². The molecule has 10 heteroatoms. The van der Waals surface area contributed by atoms with Crippen molar-refractivity contribution < 1.29 is 16.8 Å². The third-order valence-corrected chi connectivity index (χ3v) is 6.35. The molecule has 0 heterocycles. The van der Waals surface area contributed by atoms with E-state index in [1.165, 1.54) is 36.4 Å². The van der Waals surface area contributed by atoms with Crippen molar-refractivity contribution in [3.05, 3.63) is 46.4 Å². The van der Waals surface area contributed by atoms with Gasteiger partial charge >= 0.3 is 0 Å². The lowest BCUT2D eigenvalue weighted by atomic mass is 10.1. The molecule has 4 nitrogen and oxygen atoms in total. The zero-order valence-electron chi connectivity index (χ0n) is 10.4. The highest BCUT2D eigenvalue weighted by molar-refractivity contribution is 8.14. The fraction of sp³-hybridized carbons (Fsp3) is 0. The molecular formula is C12H6Cl4O4S2. The Hall–Kier alpha value is -0.500. The van der Waals surface area contributed by atoms with Gasteiger partial charge in [-0.1, -0.05) is 47.5 Å². The molecule has 118 valence electrons. The SMILES string of the molecule is O=S(=O)(Cl)c1c(Cl)cccc1-c1cccc(Cl)c1S(=O)(=O)Cl. The van der Waals surface area contributed by atoms with Crippen LogP contribution in [0.3, 0.4) is 0 Å². The van der Waals surface area contributed by atoms with E-state index in [4.69, 9.17) is 44.6 Å². The van der Waals surface area contributed by atoms with Crippen LogP contribution in [0.1, 0.15) is 0 Å². The predicted octanol–water partition coefficient (Wildman–Crippen LogP) is 4.52. The minimum atomic E-state index is -4.23. The van der Waals surface area contributed by atoms with E-state index in [0.717, 1.165) is 0 Å². The summed E-state index contributed by atoms with van der Waals surface area (Å²) in [6, 6.07) is 8.26. The van der Waals surface area contributed by atoms with E-state index in [-0.39, 0.29) is 21.2 Å². The van der Waals surface area contributed by atoms with E-state index < -0.39 is 27.9 Å². The van der Waals surface area contributed by atoms with Crippen molar-refractivity contribution in [2.45, 2.75) is 9.79 Å². The molecule has 2 rings (SSSR count). The van der Waals surface area contributed by atoms with E-state index in [1.54, 1.807) is 0 Å². The van der Waals surface area contributed by atoms with Crippen molar-refractivity contribution in [2.24, 2.45) is 0 Å². The molecule has 0 fully saturated rings. The lowest BCUT2D eigenvalue weighted by Crippen LogP contribution is -2.01. The molecule has 0 unspecified atom stereocenters. The second-order valence-electron chi connectivity index (χ2n) is 4.11. The van der Waals surface area contributed by atoms with Crippen molar-refractivity contribution in [1.82, 2.24) is 0 Å². The van der Waals surface area contributed by atoms with Crippen LogP contribution in [0.5, 0.6) is 0 Å². The largest absolute Gasteiger partial charge is 0.263 e. The molecule has 22 heavy (non-hydrogen) atoms. The van der Waals surface area contributed by atoms with E-state index in [2.05, 4.69) is 0 Å². The Balaban J connectivity index is 2.98. The second-order valence-corrected chi connectivity index (χ2v) is 9.93. The predicted molar refractivity (Wildman–Crippen MR) is 88.0 cm³/mol. The molecule has 0 saturated carbocycles. The summed E-state index contributed by atoms with van der Waals surface area (Å²) < 4.78 is 47.0. The molecule has 0 aliphatic heterocycles. The van der Waals surface area contributed by atoms with Crippen LogP contribution in [-0.4, -0.2) is 16.8 Å². The van der Waals surface area contributed by atoms with E-state index >= 15 is 0 Å². The second kappa shape index (κ2) is 6.19. The van der Waals surface area contributed by atoms with Crippen LogP contribution in [-0.2, 0) is 18.1 Å². The number of hydrogen-bond donors (Lipinski definition) is 0. The highest BCUT2D eigenvalue weighted by Crippen LogP contribution is 2.40. The van der Waals surface area contributed by atoms with Gasteiger partial charge in [-0.25, -0.2) is 16.8 Å². The van der Waals surface area contributed by atoms with Gasteiger partial charge in [0.05, 0.1) is 10.0 Å². The summed E-state index contributed by atoms with van der Waals surface area (Å²) in [5.74, 6) is 0. The molecule has 0 aliphatic carbocycles. The van der Waals surface area contributed by atoms with Gasteiger partial charge in [0.15, 0.2) is 0 Å². The molecule has 0 atom stereocenters. The molecule has 0 saturated heterocycles. The van der Waals surface area contributed by atoms with Crippen LogP contribution < -0.4 is 0 Å². The lowest BCUT2D eigenvalue weighted by molar-refractivity contribution is 0.607. The first-order valence-electron chi connectivity index (χ1n) is 5.50. The molecule has 0 aliphatic rings. The number of hydrogen-bond acceptors (Lipinski definition) is 4. The maximum Gasteiger partial charge on any atom is 0.263 e. The van der Waals surface area contributed by atoms with Gasteiger partial charge in [-0.05, 0) is 12.1 Å². The van der Waals surface area contributed by atoms with Gasteiger partial charge < -0.3 is 0 Å². The smallest absolute Gasteiger partial charge is 0.207 e. The molecule has 0 bridgehead atoms. The van der Waals surface area contributed by atoms with Crippen LogP contribution in [0.25, 0.3) is 11.1 Å². The summed E-state index contributed by atoms with van der Waals surface area (Å²) in [7, 11) is 2.34. The molecule has 0 aromatic heterocycles. The number of rotatable bonds is 3. The minimum absolute atomic E-state index is 0.00998. The van der Waals surface area contributed by atoms with Gasteiger partial charge in [0.25, 0.3) is 18.1 Å². The molecular weight excluding hydrogens is 414 g/mol. The number of halogens is 4. The van der Waals surface area contributed by atoms with Gasteiger partial charge in [-0.15, -0.1) is 0 Å². The maximum atomic E-state index is 11.8. The Morgan fingerprint density at radius 2 is 0.955 bits per heavy atom. The fourth-order valence-corrected chi connectivity index (χ4v) is 5.61. The Kier molecular flexibility index (Phi) is 5.02. The normalized spacial score (nSPS) is 12.4. The third kappa shape index (κ3) is 3.53. The van der Waals surface area contributed by atoms with E-state index in [9.17, 15) is 16.8 Å². The van der Waals surface area contributed by atoms with Crippen molar-refractivity contribution in [1.29, 1.82) is 0 Å². The zero-order valence-corrected chi connectivity index (χ0v) is 15.1. The summed E-state index contributed by atoms with van der Waals surface area (Å²) in [4.78, 5) is -0.829. The Morgan fingerprint density at radius 3 is 1.23 bits per heavy atom. The quantitative estimate of drug-likeness (QED) is 0.686. The number of benzene rings is 2. The molecule has 2 aromatic rings. The first kappa shape index (κ1) is 17.8. The topological polar surface area (TPSA) is 68.3 Å². The Bertz CT molecular complexity index is 874. The maximum absolute atomic E-state index is 11.8. The zero-order chi connectivity index (χ0) is 16.7. The summed E-state index contributed by atoms with van der Waals surface area (Å²) in [6.07, 6.45) is 0. The molecule has 0 amide bonds. The van der Waals surface area contributed by atoms with Crippen LogP contribution in [0.2, 0.25) is 10.0 Å².